The maximum absolute atomic E-state index is 5.76. The van der Waals surface area contributed by atoms with Crippen LogP contribution in [0.4, 0.5) is 5.69 Å². The molecule has 0 radical (unpaired) electrons. The molecule has 2 aromatic heterocycles. The summed E-state index contributed by atoms with van der Waals surface area (Å²) in [7, 11) is 1.54. The minimum atomic E-state index is 0.447. The Morgan fingerprint density at radius 1 is 1.27 bits per heavy atom. The Morgan fingerprint density at radius 3 is 2.73 bits per heavy atom. The first-order valence-electron chi connectivity index (χ1n) is 4.51. The van der Waals surface area contributed by atoms with E-state index in [1.165, 1.54) is 0 Å². The molecule has 4 heteroatoms. The molecule has 0 aliphatic carbocycles. The first-order chi connectivity index (χ1) is 7.31. The highest BCUT2D eigenvalue weighted by molar-refractivity contribution is 5.67. The van der Waals surface area contributed by atoms with Crippen LogP contribution in [0, 0.1) is 0 Å². The molecule has 0 aliphatic heterocycles. The molecule has 0 saturated carbocycles. The third-order valence-electron chi connectivity index (χ3n) is 2.07. The Balaban J connectivity index is 2.43. The Hall–Kier alpha value is -2.10. The average molecular weight is 201 g/mol. The number of hydrogen-bond acceptors (Lipinski definition) is 4. The molecule has 0 spiro atoms. The third kappa shape index (κ3) is 1.88. The van der Waals surface area contributed by atoms with Crippen molar-refractivity contribution in [2.24, 2.45) is 0 Å². The van der Waals surface area contributed by atoms with Gasteiger partial charge in [0.25, 0.3) is 0 Å². The van der Waals surface area contributed by atoms with Gasteiger partial charge >= 0.3 is 0 Å². The van der Waals surface area contributed by atoms with E-state index < -0.39 is 0 Å². The van der Waals surface area contributed by atoms with Crippen molar-refractivity contribution < 1.29 is 4.74 Å². The van der Waals surface area contributed by atoms with Gasteiger partial charge in [0.15, 0.2) is 0 Å². The van der Waals surface area contributed by atoms with Gasteiger partial charge in [0, 0.05) is 29.7 Å². The second-order valence-electron chi connectivity index (χ2n) is 3.06. The molecule has 4 nitrogen and oxygen atoms in total. The van der Waals surface area contributed by atoms with Crippen LogP contribution in [-0.4, -0.2) is 17.1 Å². The summed E-state index contributed by atoms with van der Waals surface area (Å²) in [5, 5.41) is 0. The summed E-state index contributed by atoms with van der Waals surface area (Å²) in [4.78, 5) is 8.13. The van der Waals surface area contributed by atoms with Gasteiger partial charge < -0.3 is 10.5 Å². The lowest BCUT2D eigenvalue weighted by atomic mass is 10.1. The molecule has 0 unspecified atom stereocenters. The highest BCUT2D eigenvalue weighted by atomic mass is 16.5. The number of pyridine rings is 2. The number of rotatable bonds is 2. The average Bonchev–Trinajstić information content (AvgIpc) is 2.30. The molecule has 2 N–H and O–H groups in total. The molecular formula is C11H11N3O. The fourth-order valence-corrected chi connectivity index (χ4v) is 1.33. The van der Waals surface area contributed by atoms with Crippen molar-refractivity contribution in [2.45, 2.75) is 0 Å². The van der Waals surface area contributed by atoms with Crippen molar-refractivity contribution >= 4 is 5.69 Å². The van der Waals surface area contributed by atoms with Crippen LogP contribution in [0.15, 0.2) is 36.8 Å². The van der Waals surface area contributed by atoms with Gasteiger partial charge in [-0.15, -0.1) is 0 Å². The number of aromatic nitrogens is 2. The number of nitrogens with zero attached hydrogens (tertiary/aromatic N) is 2. The smallest absolute Gasteiger partial charge is 0.236 e. The van der Waals surface area contributed by atoms with Crippen molar-refractivity contribution in [1.29, 1.82) is 0 Å². The molecule has 2 heterocycles. The van der Waals surface area contributed by atoms with E-state index in [9.17, 15) is 0 Å². The summed E-state index contributed by atoms with van der Waals surface area (Å²) in [6.07, 6.45) is 5.21. The normalized spacial score (nSPS) is 9.93. The lowest BCUT2D eigenvalue weighted by Gasteiger charge is -2.05. The quantitative estimate of drug-likeness (QED) is 0.803. The molecule has 0 aromatic carbocycles. The van der Waals surface area contributed by atoms with Crippen LogP contribution in [0.3, 0.4) is 0 Å². The van der Waals surface area contributed by atoms with E-state index in [0.29, 0.717) is 11.6 Å². The minimum Gasteiger partial charge on any atom is -0.480 e. The monoisotopic (exact) mass is 201 g/mol. The Kier molecular flexibility index (Phi) is 2.49. The zero-order chi connectivity index (χ0) is 10.7. The van der Waals surface area contributed by atoms with Gasteiger partial charge in [-0.2, -0.15) is 0 Å². The first kappa shape index (κ1) is 9.45. The summed E-state index contributed by atoms with van der Waals surface area (Å²) in [6.45, 7) is 0. The van der Waals surface area contributed by atoms with E-state index in [-0.39, 0.29) is 0 Å². The molecule has 0 amide bonds. The first-order valence-corrected chi connectivity index (χ1v) is 4.51. The minimum absolute atomic E-state index is 0.447. The van der Waals surface area contributed by atoms with Gasteiger partial charge in [-0.3, -0.25) is 4.98 Å². The predicted octanol–water partition coefficient (Wildman–Crippen LogP) is 1.73. The molecule has 0 aliphatic rings. The maximum Gasteiger partial charge on any atom is 0.236 e. The summed E-state index contributed by atoms with van der Waals surface area (Å²) in [6, 6.07) is 5.65. The summed E-state index contributed by atoms with van der Waals surface area (Å²) >= 11 is 0. The molecule has 0 saturated heterocycles. The molecule has 15 heavy (non-hydrogen) atoms. The molecular weight excluding hydrogens is 190 g/mol. The number of hydrogen-bond donors (Lipinski definition) is 1. The van der Waals surface area contributed by atoms with E-state index in [2.05, 4.69) is 9.97 Å². The molecule has 2 rings (SSSR count). The maximum atomic E-state index is 5.76. The number of methoxy groups -OCH3 is 1. The fraction of sp³-hybridized carbons (Fsp3) is 0.0909. The van der Waals surface area contributed by atoms with E-state index in [1.807, 2.05) is 18.2 Å². The molecule has 0 atom stereocenters. The van der Waals surface area contributed by atoms with E-state index in [1.54, 1.807) is 25.7 Å². The van der Waals surface area contributed by atoms with Gasteiger partial charge in [0.1, 0.15) is 0 Å². The predicted molar refractivity (Wildman–Crippen MR) is 58.4 cm³/mol. The SMILES string of the molecule is COc1ncc(-c2cccnc2)cc1N. The van der Waals surface area contributed by atoms with Gasteiger partial charge in [-0.1, -0.05) is 6.07 Å². The van der Waals surface area contributed by atoms with E-state index in [0.717, 1.165) is 11.1 Å². The Labute approximate surface area is 87.7 Å². The highest BCUT2D eigenvalue weighted by Gasteiger charge is 2.03. The van der Waals surface area contributed by atoms with Gasteiger partial charge in [0.05, 0.1) is 12.8 Å². The van der Waals surface area contributed by atoms with Crippen molar-refractivity contribution in [2.75, 3.05) is 12.8 Å². The van der Waals surface area contributed by atoms with Crippen LogP contribution in [0.25, 0.3) is 11.1 Å². The van der Waals surface area contributed by atoms with E-state index >= 15 is 0 Å². The van der Waals surface area contributed by atoms with Crippen molar-refractivity contribution in [3.8, 4) is 17.0 Å². The molecule has 76 valence electrons. The van der Waals surface area contributed by atoms with Crippen molar-refractivity contribution in [1.82, 2.24) is 9.97 Å². The van der Waals surface area contributed by atoms with Crippen LogP contribution in [0.1, 0.15) is 0 Å². The number of ether oxygens (including phenoxy) is 1. The zero-order valence-corrected chi connectivity index (χ0v) is 8.34. The molecule has 2 aromatic rings. The number of anilines is 1. The highest BCUT2D eigenvalue weighted by Crippen LogP contribution is 2.24. The lowest BCUT2D eigenvalue weighted by molar-refractivity contribution is 0.400. The largest absolute Gasteiger partial charge is 0.480 e. The second kappa shape index (κ2) is 3.96. The van der Waals surface area contributed by atoms with Crippen LogP contribution >= 0.6 is 0 Å². The number of nitrogens with two attached hydrogens (primary N) is 1. The topological polar surface area (TPSA) is 61.0 Å². The Morgan fingerprint density at radius 2 is 2.13 bits per heavy atom. The van der Waals surface area contributed by atoms with Crippen molar-refractivity contribution in [3.05, 3.63) is 36.8 Å². The standard InChI is InChI=1S/C11H11N3O/c1-15-11-10(12)5-9(7-14-11)8-3-2-4-13-6-8/h2-7H,12H2,1H3. The molecule has 0 fully saturated rings. The number of nitrogen functional groups attached to an aromatic ring is 1. The Bertz CT molecular complexity index is 457. The van der Waals surface area contributed by atoms with Crippen LogP contribution in [0.2, 0.25) is 0 Å². The van der Waals surface area contributed by atoms with Crippen LogP contribution < -0.4 is 10.5 Å². The summed E-state index contributed by atoms with van der Waals surface area (Å²) < 4.78 is 4.98. The lowest BCUT2D eigenvalue weighted by Crippen LogP contribution is -1.95. The zero-order valence-electron chi connectivity index (χ0n) is 8.34. The second-order valence-corrected chi connectivity index (χ2v) is 3.06. The van der Waals surface area contributed by atoms with Crippen molar-refractivity contribution in [3.63, 3.8) is 0 Å². The van der Waals surface area contributed by atoms with E-state index in [4.69, 9.17) is 10.5 Å². The van der Waals surface area contributed by atoms with Gasteiger partial charge in [0.2, 0.25) is 5.88 Å². The fourth-order valence-electron chi connectivity index (χ4n) is 1.33. The van der Waals surface area contributed by atoms with Crippen LogP contribution in [-0.2, 0) is 0 Å². The van der Waals surface area contributed by atoms with Gasteiger partial charge in [-0.05, 0) is 12.1 Å². The molecule has 0 bridgehead atoms. The van der Waals surface area contributed by atoms with Gasteiger partial charge in [-0.25, -0.2) is 4.98 Å². The van der Waals surface area contributed by atoms with Crippen LogP contribution in [0.5, 0.6) is 5.88 Å². The summed E-state index contributed by atoms with van der Waals surface area (Å²) in [5.41, 5.74) is 8.21. The summed E-state index contributed by atoms with van der Waals surface area (Å²) in [5.74, 6) is 0.447. The third-order valence-corrected chi connectivity index (χ3v) is 2.07.